The Morgan fingerprint density at radius 3 is 3.05 bits per heavy atom. The second-order valence-corrected chi connectivity index (χ2v) is 5.60. The van der Waals surface area contributed by atoms with Crippen LogP contribution in [0.15, 0.2) is 24.4 Å². The molecule has 0 aliphatic carbocycles. The number of morpholine rings is 1. The number of benzene rings is 1. The molecule has 1 aromatic carbocycles. The summed E-state index contributed by atoms with van der Waals surface area (Å²) in [5.41, 5.74) is 1.30. The average Bonchev–Trinajstić information content (AvgIpc) is 2.96. The Morgan fingerprint density at radius 2 is 2.36 bits per heavy atom. The summed E-state index contributed by atoms with van der Waals surface area (Å²) in [6, 6.07) is 3.98. The fraction of sp³-hybridized carbons (Fsp3) is 0.333. The predicted octanol–water partition coefficient (Wildman–Crippen LogP) is 2.72. The molecule has 1 fully saturated rings. The molecule has 7 heteroatoms. The monoisotopic (exact) mass is 323 g/mol. The number of ether oxygens (including phenoxy) is 1. The molecule has 1 amide bonds. The summed E-state index contributed by atoms with van der Waals surface area (Å²) in [5.74, 6) is -0.0326. The molecule has 1 N–H and O–H groups in total. The summed E-state index contributed by atoms with van der Waals surface area (Å²) >= 11 is 5.74. The van der Waals surface area contributed by atoms with E-state index >= 15 is 0 Å². The number of imidazole rings is 1. The highest BCUT2D eigenvalue weighted by molar-refractivity contribution is 6.31. The third-order valence-corrected chi connectivity index (χ3v) is 3.84. The number of carbonyl (C=O) groups is 1. The van der Waals surface area contributed by atoms with Crippen molar-refractivity contribution in [3.63, 3.8) is 0 Å². The van der Waals surface area contributed by atoms with Crippen molar-refractivity contribution in [3.8, 4) is 0 Å². The summed E-state index contributed by atoms with van der Waals surface area (Å²) in [4.78, 5) is 21.5. The van der Waals surface area contributed by atoms with Gasteiger partial charge in [0.1, 0.15) is 17.7 Å². The number of rotatable bonds is 2. The molecule has 1 aromatic heterocycles. The lowest BCUT2D eigenvalue weighted by Crippen LogP contribution is -2.42. The van der Waals surface area contributed by atoms with Crippen LogP contribution in [-0.2, 0) is 4.74 Å². The molecule has 0 saturated carbocycles. The maximum Gasteiger partial charge on any atom is 0.254 e. The molecule has 22 heavy (non-hydrogen) atoms. The van der Waals surface area contributed by atoms with Gasteiger partial charge < -0.3 is 14.6 Å². The number of H-pyrrole nitrogens is 1. The lowest BCUT2D eigenvalue weighted by molar-refractivity contribution is -0.0264. The fourth-order valence-corrected chi connectivity index (χ4v) is 2.59. The van der Waals surface area contributed by atoms with E-state index in [9.17, 15) is 9.18 Å². The fourth-order valence-electron chi connectivity index (χ4n) is 2.41. The highest BCUT2D eigenvalue weighted by Crippen LogP contribution is 2.22. The van der Waals surface area contributed by atoms with E-state index < -0.39 is 5.82 Å². The van der Waals surface area contributed by atoms with Crippen LogP contribution in [0.4, 0.5) is 4.39 Å². The first kappa shape index (κ1) is 15.0. The molecular formula is C15H15ClFN3O2. The molecule has 3 rings (SSSR count). The van der Waals surface area contributed by atoms with Crippen LogP contribution in [0.3, 0.4) is 0 Å². The van der Waals surface area contributed by atoms with Gasteiger partial charge in [-0.3, -0.25) is 4.79 Å². The standard InChI is InChI=1S/C15H15ClFN3O2/c1-9-7-18-14(19-9)13-8-20(4-5-22-13)15(21)10-2-3-12(17)11(16)6-10/h2-3,6-7,13H,4-5,8H2,1H3,(H,18,19)/t13-/m1/s1. The Hall–Kier alpha value is -1.92. The van der Waals surface area contributed by atoms with Crippen LogP contribution in [0.1, 0.15) is 28.0 Å². The summed E-state index contributed by atoms with van der Waals surface area (Å²) < 4.78 is 18.9. The zero-order valence-electron chi connectivity index (χ0n) is 12.0. The minimum absolute atomic E-state index is 0.0580. The Balaban J connectivity index is 1.76. The molecule has 0 spiro atoms. The van der Waals surface area contributed by atoms with Gasteiger partial charge in [-0.25, -0.2) is 9.37 Å². The number of nitrogens with zero attached hydrogens (tertiary/aromatic N) is 2. The quantitative estimate of drug-likeness (QED) is 0.924. The van der Waals surface area contributed by atoms with Gasteiger partial charge in [-0.05, 0) is 25.1 Å². The topological polar surface area (TPSA) is 58.2 Å². The Kier molecular flexibility index (Phi) is 4.13. The highest BCUT2D eigenvalue weighted by atomic mass is 35.5. The second-order valence-electron chi connectivity index (χ2n) is 5.19. The molecule has 1 saturated heterocycles. The zero-order chi connectivity index (χ0) is 15.7. The Labute approximate surface area is 132 Å². The van der Waals surface area contributed by atoms with E-state index in [1.165, 1.54) is 18.2 Å². The molecule has 2 aromatic rings. The minimum atomic E-state index is -0.538. The number of carbonyl (C=O) groups excluding carboxylic acids is 1. The number of hydrogen-bond acceptors (Lipinski definition) is 3. The van der Waals surface area contributed by atoms with Crippen molar-refractivity contribution in [2.24, 2.45) is 0 Å². The number of nitrogens with one attached hydrogen (secondary N) is 1. The van der Waals surface area contributed by atoms with Crippen LogP contribution in [0, 0.1) is 12.7 Å². The van der Waals surface area contributed by atoms with E-state index in [4.69, 9.17) is 16.3 Å². The van der Waals surface area contributed by atoms with Gasteiger partial charge in [-0.2, -0.15) is 0 Å². The van der Waals surface area contributed by atoms with E-state index in [2.05, 4.69) is 9.97 Å². The Morgan fingerprint density at radius 1 is 1.55 bits per heavy atom. The number of halogens is 2. The first-order valence-corrected chi connectivity index (χ1v) is 7.30. The highest BCUT2D eigenvalue weighted by Gasteiger charge is 2.28. The first-order chi connectivity index (χ1) is 10.5. The maximum absolute atomic E-state index is 13.2. The predicted molar refractivity (Wildman–Crippen MR) is 79.3 cm³/mol. The molecule has 1 aliphatic heterocycles. The first-order valence-electron chi connectivity index (χ1n) is 6.92. The lowest BCUT2D eigenvalue weighted by atomic mass is 10.1. The smallest absolute Gasteiger partial charge is 0.254 e. The zero-order valence-corrected chi connectivity index (χ0v) is 12.7. The van der Waals surface area contributed by atoms with Crippen LogP contribution in [-0.4, -0.2) is 40.5 Å². The summed E-state index contributed by atoms with van der Waals surface area (Å²) in [7, 11) is 0. The van der Waals surface area contributed by atoms with Crippen molar-refractivity contribution in [2.45, 2.75) is 13.0 Å². The van der Waals surface area contributed by atoms with Crippen LogP contribution in [0.5, 0.6) is 0 Å². The number of aryl methyl sites for hydroxylation is 1. The van der Waals surface area contributed by atoms with Gasteiger partial charge in [0, 0.05) is 24.0 Å². The third kappa shape index (κ3) is 2.98. The molecule has 0 radical (unpaired) electrons. The van der Waals surface area contributed by atoms with Crippen LogP contribution in [0.25, 0.3) is 0 Å². The number of hydrogen-bond donors (Lipinski definition) is 1. The molecular weight excluding hydrogens is 309 g/mol. The molecule has 1 atom stereocenters. The van der Waals surface area contributed by atoms with E-state index in [0.717, 1.165) is 5.69 Å². The van der Waals surface area contributed by atoms with Crippen LogP contribution >= 0.6 is 11.6 Å². The molecule has 5 nitrogen and oxygen atoms in total. The van der Waals surface area contributed by atoms with Crippen molar-refractivity contribution in [1.82, 2.24) is 14.9 Å². The number of amides is 1. The minimum Gasteiger partial charge on any atom is -0.367 e. The largest absolute Gasteiger partial charge is 0.367 e. The van der Waals surface area contributed by atoms with E-state index in [-0.39, 0.29) is 17.0 Å². The van der Waals surface area contributed by atoms with Gasteiger partial charge in [-0.1, -0.05) is 11.6 Å². The van der Waals surface area contributed by atoms with Gasteiger partial charge in [0.25, 0.3) is 5.91 Å². The number of aromatic nitrogens is 2. The maximum atomic E-state index is 13.2. The van der Waals surface area contributed by atoms with Gasteiger partial charge in [0.2, 0.25) is 0 Å². The van der Waals surface area contributed by atoms with Crippen molar-refractivity contribution in [1.29, 1.82) is 0 Å². The van der Waals surface area contributed by atoms with E-state index in [1.54, 1.807) is 11.1 Å². The Bertz CT molecular complexity index is 704. The summed E-state index contributed by atoms with van der Waals surface area (Å²) in [6.07, 6.45) is 1.43. The summed E-state index contributed by atoms with van der Waals surface area (Å²) in [6.45, 7) is 3.19. The number of aromatic amines is 1. The van der Waals surface area contributed by atoms with Crippen molar-refractivity contribution < 1.29 is 13.9 Å². The van der Waals surface area contributed by atoms with E-state index in [1.807, 2.05) is 6.92 Å². The van der Waals surface area contributed by atoms with Gasteiger partial charge in [0.15, 0.2) is 0 Å². The normalized spacial score (nSPS) is 18.5. The SMILES string of the molecule is Cc1cnc([C@H]2CN(C(=O)c3ccc(F)c(Cl)c3)CCO2)[nH]1. The van der Waals surface area contributed by atoms with Crippen LogP contribution in [0.2, 0.25) is 5.02 Å². The molecule has 0 bridgehead atoms. The third-order valence-electron chi connectivity index (χ3n) is 3.55. The van der Waals surface area contributed by atoms with Gasteiger partial charge in [0.05, 0.1) is 18.2 Å². The molecule has 2 heterocycles. The van der Waals surface area contributed by atoms with Crippen LogP contribution < -0.4 is 0 Å². The van der Waals surface area contributed by atoms with Gasteiger partial charge in [-0.15, -0.1) is 0 Å². The van der Waals surface area contributed by atoms with Crippen molar-refractivity contribution >= 4 is 17.5 Å². The molecule has 116 valence electrons. The van der Waals surface area contributed by atoms with Gasteiger partial charge >= 0.3 is 0 Å². The average molecular weight is 324 g/mol. The van der Waals surface area contributed by atoms with E-state index in [0.29, 0.717) is 31.1 Å². The molecule has 1 aliphatic rings. The lowest BCUT2D eigenvalue weighted by Gasteiger charge is -2.32. The second kappa shape index (κ2) is 6.06. The van der Waals surface area contributed by atoms with Crippen molar-refractivity contribution in [3.05, 3.63) is 52.3 Å². The molecule has 0 unspecified atom stereocenters. The van der Waals surface area contributed by atoms with Crippen molar-refractivity contribution in [2.75, 3.05) is 19.7 Å². The summed E-state index contributed by atoms with van der Waals surface area (Å²) in [5, 5.41) is -0.0580.